The number of nitrogens with two attached hydrogens (primary N) is 1. The number of aliphatic imine (C=N–C) groups is 1. The Labute approximate surface area is 222 Å². The van der Waals surface area contributed by atoms with Crippen LogP contribution in [0.2, 0.25) is 0 Å². The number of carbonyl (C=O) groups is 3. The van der Waals surface area contributed by atoms with Gasteiger partial charge < -0.3 is 20.9 Å². The standard InChI is InChI=1S/C25H25F4N4O5P/c1-2-33(19(34)11-31-23(35)14-4-3-5-15(10-14)25(27,28)29)22(32-17-12-38-13-17)21(20(30)24(36)37)39-18-8-6-16(26)7-9-18/h3-10,17,39H,2,11-13,30H2,1H3,(H,31,35)(H,36,37)/b21-20+,32-22?. The third-order valence-electron chi connectivity index (χ3n) is 5.49. The predicted octanol–water partition coefficient (Wildman–Crippen LogP) is 2.48. The third kappa shape index (κ3) is 7.84. The van der Waals surface area contributed by atoms with Crippen LogP contribution in [0, 0.1) is 5.82 Å². The fourth-order valence-electron chi connectivity index (χ4n) is 3.40. The zero-order valence-electron chi connectivity index (χ0n) is 20.6. The van der Waals surface area contributed by atoms with Gasteiger partial charge in [0, 0.05) is 12.1 Å². The Morgan fingerprint density at radius 3 is 2.38 bits per heavy atom. The number of aliphatic carboxylic acids is 1. The minimum Gasteiger partial charge on any atom is -0.477 e. The SMILES string of the molecule is CCN(C(=O)CNC(=O)c1cccc(C(F)(F)F)c1)C(=NC1COC1)/C(Pc1ccc(F)cc1)=C(\N)C(=O)O. The summed E-state index contributed by atoms with van der Waals surface area (Å²) < 4.78 is 57.6. The Bertz CT molecular complexity index is 1290. The molecule has 208 valence electrons. The van der Waals surface area contributed by atoms with E-state index in [1.54, 1.807) is 6.92 Å². The number of likely N-dealkylation sites (N-methyl/N-ethyl adjacent to an activating group) is 1. The van der Waals surface area contributed by atoms with Crippen LogP contribution in [0.5, 0.6) is 0 Å². The van der Waals surface area contributed by atoms with E-state index in [0.29, 0.717) is 11.4 Å². The summed E-state index contributed by atoms with van der Waals surface area (Å²) in [6, 6.07) is 8.62. The summed E-state index contributed by atoms with van der Waals surface area (Å²) in [4.78, 5) is 43.2. The maximum atomic E-state index is 13.4. The van der Waals surface area contributed by atoms with Gasteiger partial charge >= 0.3 is 12.1 Å². The van der Waals surface area contributed by atoms with Crippen molar-refractivity contribution in [1.82, 2.24) is 10.2 Å². The molecule has 1 aliphatic rings. The van der Waals surface area contributed by atoms with Crippen LogP contribution >= 0.6 is 8.58 Å². The van der Waals surface area contributed by atoms with Crippen molar-refractivity contribution in [3.63, 3.8) is 0 Å². The number of hydrogen-bond donors (Lipinski definition) is 3. The van der Waals surface area contributed by atoms with E-state index in [1.165, 1.54) is 30.3 Å². The Kier molecular flexibility index (Phi) is 9.76. The number of halogens is 4. The lowest BCUT2D eigenvalue weighted by Crippen LogP contribution is -2.46. The second-order valence-electron chi connectivity index (χ2n) is 8.27. The van der Waals surface area contributed by atoms with Gasteiger partial charge in [-0.25, -0.2) is 9.18 Å². The van der Waals surface area contributed by atoms with Crippen LogP contribution in [-0.2, 0) is 20.5 Å². The lowest BCUT2D eigenvalue weighted by atomic mass is 10.1. The van der Waals surface area contributed by atoms with Gasteiger partial charge in [-0.3, -0.25) is 19.5 Å². The van der Waals surface area contributed by atoms with Crippen molar-refractivity contribution in [3.8, 4) is 0 Å². The van der Waals surface area contributed by atoms with Gasteiger partial charge in [0.2, 0.25) is 5.91 Å². The first-order chi connectivity index (χ1) is 18.4. The monoisotopic (exact) mass is 568 g/mol. The van der Waals surface area contributed by atoms with Crippen LogP contribution in [0.4, 0.5) is 17.6 Å². The molecule has 0 aliphatic carbocycles. The van der Waals surface area contributed by atoms with E-state index in [9.17, 15) is 37.1 Å². The first-order valence-electron chi connectivity index (χ1n) is 11.6. The van der Waals surface area contributed by atoms with E-state index in [2.05, 4.69) is 10.3 Å². The van der Waals surface area contributed by atoms with E-state index in [4.69, 9.17) is 10.5 Å². The van der Waals surface area contributed by atoms with E-state index in [0.717, 1.165) is 17.0 Å². The van der Waals surface area contributed by atoms with E-state index in [-0.39, 0.29) is 36.5 Å². The number of benzene rings is 2. The molecule has 2 aromatic rings. The number of carboxylic acid groups (broad SMARTS) is 1. The molecule has 14 heteroatoms. The Balaban J connectivity index is 1.89. The summed E-state index contributed by atoms with van der Waals surface area (Å²) >= 11 is 0. The zero-order valence-corrected chi connectivity index (χ0v) is 21.6. The van der Waals surface area contributed by atoms with Crippen molar-refractivity contribution in [2.75, 3.05) is 26.3 Å². The minimum absolute atomic E-state index is 0.00499. The molecule has 9 nitrogen and oxygen atoms in total. The first kappa shape index (κ1) is 29.7. The van der Waals surface area contributed by atoms with Crippen molar-refractivity contribution < 1.29 is 41.8 Å². The second kappa shape index (κ2) is 12.8. The lowest BCUT2D eigenvalue weighted by molar-refractivity contribution is -0.137. The second-order valence-corrected chi connectivity index (χ2v) is 9.60. The summed E-state index contributed by atoms with van der Waals surface area (Å²) in [5.41, 5.74) is 4.03. The predicted molar refractivity (Wildman–Crippen MR) is 136 cm³/mol. The fourth-order valence-corrected chi connectivity index (χ4v) is 4.58. The molecule has 0 spiro atoms. The molecular weight excluding hydrogens is 543 g/mol. The van der Waals surface area contributed by atoms with Crippen molar-refractivity contribution in [2.45, 2.75) is 19.1 Å². The van der Waals surface area contributed by atoms with Gasteiger partial charge in [-0.1, -0.05) is 26.8 Å². The quantitative estimate of drug-likeness (QED) is 0.140. The van der Waals surface area contributed by atoms with Gasteiger partial charge in [0.15, 0.2) is 0 Å². The number of amides is 2. The van der Waals surface area contributed by atoms with Gasteiger partial charge in [0.25, 0.3) is 5.91 Å². The smallest absolute Gasteiger partial charge is 0.416 e. The molecule has 1 atom stereocenters. The maximum absolute atomic E-state index is 13.4. The molecule has 2 amide bonds. The first-order valence-corrected chi connectivity index (χ1v) is 12.6. The van der Waals surface area contributed by atoms with Crippen molar-refractivity contribution in [3.05, 3.63) is 76.5 Å². The molecule has 2 aromatic carbocycles. The normalized spacial score (nSPS) is 15.1. The average Bonchev–Trinajstić information content (AvgIpc) is 2.87. The molecule has 3 rings (SSSR count). The number of carbonyl (C=O) groups excluding carboxylic acids is 2. The van der Waals surface area contributed by atoms with Crippen LogP contribution in [0.1, 0.15) is 22.8 Å². The van der Waals surface area contributed by atoms with Gasteiger partial charge in [-0.2, -0.15) is 13.2 Å². The molecule has 1 saturated heterocycles. The summed E-state index contributed by atoms with van der Waals surface area (Å²) in [7, 11) is -0.425. The van der Waals surface area contributed by atoms with Crippen LogP contribution in [0.25, 0.3) is 0 Å². The molecule has 1 aliphatic heterocycles. The van der Waals surface area contributed by atoms with Crippen LogP contribution in [0.3, 0.4) is 0 Å². The molecule has 0 aromatic heterocycles. The fraction of sp³-hybridized carbons (Fsp3) is 0.280. The van der Waals surface area contributed by atoms with E-state index < -0.39 is 62.2 Å². The highest BCUT2D eigenvalue weighted by molar-refractivity contribution is 7.53. The summed E-state index contributed by atoms with van der Waals surface area (Å²) in [5.74, 6) is -3.63. The van der Waals surface area contributed by atoms with Crippen LogP contribution < -0.4 is 16.4 Å². The molecule has 4 N–H and O–H groups in total. The molecule has 1 fully saturated rings. The molecule has 0 radical (unpaired) electrons. The number of ether oxygens (including phenoxy) is 1. The van der Waals surface area contributed by atoms with E-state index >= 15 is 0 Å². The molecule has 1 heterocycles. The van der Waals surface area contributed by atoms with Crippen molar-refractivity contribution >= 4 is 37.5 Å². The van der Waals surface area contributed by atoms with Crippen molar-refractivity contribution in [1.29, 1.82) is 0 Å². The minimum atomic E-state index is -4.65. The zero-order chi connectivity index (χ0) is 28.7. The number of amidine groups is 1. The summed E-state index contributed by atoms with van der Waals surface area (Å²) in [6.07, 6.45) is -4.65. The summed E-state index contributed by atoms with van der Waals surface area (Å²) in [6.45, 7) is 1.41. The summed E-state index contributed by atoms with van der Waals surface area (Å²) in [5, 5.41) is 12.5. The number of carboxylic acids is 1. The van der Waals surface area contributed by atoms with Crippen molar-refractivity contribution in [2.24, 2.45) is 10.7 Å². The highest BCUT2D eigenvalue weighted by Gasteiger charge is 2.31. The van der Waals surface area contributed by atoms with Crippen LogP contribution in [0.15, 0.2) is 64.5 Å². The molecule has 0 saturated carbocycles. The Hall–Kier alpha value is -3.83. The Morgan fingerprint density at radius 2 is 1.85 bits per heavy atom. The van der Waals surface area contributed by atoms with Gasteiger partial charge in [0.05, 0.1) is 36.7 Å². The van der Waals surface area contributed by atoms with E-state index in [1.807, 2.05) is 0 Å². The number of nitrogens with zero attached hydrogens (tertiary/aromatic N) is 2. The topological polar surface area (TPSA) is 134 Å². The number of nitrogens with one attached hydrogen (secondary N) is 1. The third-order valence-corrected chi connectivity index (χ3v) is 6.85. The number of alkyl halides is 3. The highest BCUT2D eigenvalue weighted by atomic mass is 31.1. The molecule has 0 bridgehead atoms. The Morgan fingerprint density at radius 1 is 1.18 bits per heavy atom. The largest absolute Gasteiger partial charge is 0.477 e. The van der Waals surface area contributed by atoms with Gasteiger partial charge in [-0.15, -0.1) is 0 Å². The molecule has 1 unspecified atom stereocenters. The average molecular weight is 568 g/mol. The molecule has 39 heavy (non-hydrogen) atoms. The molecular formula is C25H25F4N4O5P. The van der Waals surface area contributed by atoms with Crippen LogP contribution in [-0.4, -0.2) is 66.0 Å². The highest BCUT2D eigenvalue weighted by Crippen LogP contribution is 2.30. The maximum Gasteiger partial charge on any atom is 0.416 e. The lowest BCUT2D eigenvalue weighted by Gasteiger charge is -2.29. The van der Waals surface area contributed by atoms with Gasteiger partial charge in [0.1, 0.15) is 17.3 Å². The number of hydrogen-bond acceptors (Lipinski definition) is 6. The number of rotatable bonds is 9. The van der Waals surface area contributed by atoms with Gasteiger partial charge in [-0.05, 0) is 42.6 Å².